The Morgan fingerprint density at radius 1 is 1.44 bits per heavy atom. The van der Waals surface area contributed by atoms with Crippen molar-refractivity contribution >= 4 is 11.8 Å². The molecule has 2 bridgehead atoms. The molecule has 1 aromatic rings. The van der Waals surface area contributed by atoms with Crippen LogP contribution < -0.4 is 5.32 Å². The minimum Gasteiger partial charge on any atom is -0.375 e. The number of ether oxygens (including phenoxy) is 2. The third-order valence-corrected chi connectivity index (χ3v) is 6.35. The molecule has 2 amide bonds. The molecule has 3 saturated heterocycles. The van der Waals surface area contributed by atoms with Gasteiger partial charge in [0, 0.05) is 37.6 Å². The average molecular weight is 376 g/mol. The molecule has 3 aliphatic heterocycles. The molecule has 27 heavy (non-hydrogen) atoms. The van der Waals surface area contributed by atoms with Crippen LogP contribution in [0.4, 0.5) is 4.39 Å². The van der Waals surface area contributed by atoms with Gasteiger partial charge in [-0.05, 0) is 37.5 Å². The number of fused-ring (bicyclic) bond motifs is 1. The summed E-state index contributed by atoms with van der Waals surface area (Å²) in [7, 11) is 1.52. The molecule has 4 atom stereocenters. The first-order chi connectivity index (χ1) is 12.9. The summed E-state index contributed by atoms with van der Waals surface area (Å²) in [4.78, 5) is 26.6. The first kappa shape index (κ1) is 18.4. The minimum absolute atomic E-state index is 0.0218. The monoisotopic (exact) mass is 376 g/mol. The third kappa shape index (κ3) is 3.12. The van der Waals surface area contributed by atoms with Crippen molar-refractivity contribution in [3.63, 3.8) is 0 Å². The van der Waals surface area contributed by atoms with Gasteiger partial charge in [-0.1, -0.05) is 6.07 Å². The van der Waals surface area contributed by atoms with Gasteiger partial charge in [0.2, 0.25) is 5.91 Å². The summed E-state index contributed by atoms with van der Waals surface area (Å²) in [6.07, 6.45) is 2.01. The summed E-state index contributed by atoms with van der Waals surface area (Å²) in [5, 5.41) is 2.96. The molecular weight excluding hydrogens is 351 g/mol. The second kappa shape index (κ2) is 6.87. The van der Waals surface area contributed by atoms with Gasteiger partial charge in [-0.3, -0.25) is 9.59 Å². The van der Waals surface area contributed by atoms with E-state index in [0.29, 0.717) is 25.2 Å². The number of benzene rings is 1. The van der Waals surface area contributed by atoms with Crippen molar-refractivity contribution in [2.45, 2.75) is 31.5 Å². The van der Waals surface area contributed by atoms with Crippen molar-refractivity contribution in [2.75, 3.05) is 33.4 Å². The fourth-order valence-electron chi connectivity index (χ4n) is 5.01. The Labute approximate surface area is 158 Å². The van der Waals surface area contributed by atoms with Crippen molar-refractivity contribution in [2.24, 2.45) is 11.8 Å². The minimum atomic E-state index is -0.420. The highest BCUT2D eigenvalue weighted by atomic mass is 19.1. The van der Waals surface area contributed by atoms with Crippen LogP contribution in [0, 0.1) is 24.6 Å². The van der Waals surface area contributed by atoms with Gasteiger partial charge in [-0.25, -0.2) is 4.39 Å². The van der Waals surface area contributed by atoms with Crippen LogP contribution in [0.1, 0.15) is 28.8 Å². The highest BCUT2D eigenvalue weighted by molar-refractivity contribution is 5.95. The number of hydrogen-bond donors (Lipinski definition) is 1. The molecule has 0 aromatic heterocycles. The maximum absolute atomic E-state index is 13.5. The highest BCUT2D eigenvalue weighted by Gasteiger charge is 2.63. The summed E-state index contributed by atoms with van der Waals surface area (Å²) in [5.74, 6) is -0.334. The number of nitrogens with zero attached hydrogens (tertiary/aromatic N) is 1. The van der Waals surface area contributed by atoms with Crippen LogP contribution in [0.5, 0.6) is 0 Å². The predicted octanol–water partition coefficient (Wildman–Crippen LogP) is 1.52. The molecule has 3 aliphatic rings. The Morgan fingerprint density at radius 2 is 2.26 bits per heavy atom. The van der Waals surface area contributed by atoms with Gasteiger partial charge >= 0.3 is 0 Å². The molecule has 1 aromatic carbocycles. The lowest BCUT2D eigenvalue weighted by atomic mass is 9.73. The van der Waals surface area contributed by atoms with E-state index in [4.69, 9.17) is 9.47 Å². The number of aryl methyl sites for hydroxylation is 1. The predicted molar refractivity (Wildman–Crippen MR) is 95.7 cm³/mol. The van der Waals surface area contributed by atoms with Gasteiger partial charge in [0.25, 0.3) is 5.91 Å². The van der Waals surface area contributed by atoms with Crippen molar-refractivity contribution in [1.82, 2.24) is 10.2 Å². The summed E-state index contributed by atoms with van der Waals surface area (Å²) in [6, 6.07) is 4.23. The number of amides is 2. The summed E-state index contributed by atoms with van der Waals surface area (Å²) in [6.45, 7) is 3.58. The zero-order valence-electron chi connectivity index (χ0n) is 15.7. The van der Waals surface area contributed by atoms with Crippen LogP contribution in [-0.4, -0.2) is 61.8 Å². The van der Waals surface area contributed by atoms with Gasteiger partial charge in [0.1, 0.15) is 12.4 Å². The molecule has 0 aliphatic carbocycles. The molecule has 0 radical (unpaired) electrons. The fraction of sp³-hybridized carbons (Fsp3) is 0.600. The van der Waals surface area contributed by atoms with Crippen LogP contribution >= 0.6 is 0 Å². The molecule has 6 nitrogen and oxygen atoms in total. The number of rotatable bonds is 5. The second-order valence-electron chi connectivity index (χ2n) is 7.91. The zero-order chi connectivity index (χ0) is 19.2. The number of halogens is 1. The smallest absolute Gasteiger partial charge is 0.251 e. The molecule has 1 N–H and O–H groups in total. The van der Waals surface area contributed by atoms with E-state index in [-0.39, 0.29) is 42.0 Å². The lowest BCUT2D eigenvalue weighted by molar-refractivity contribution is -0.135. The standard InChI is InChI=1S/C20H25FN2O4/c1-12-3-4-13(21)7-14(12)19(25)22-8-15-16-9-23(18(24)10-26-2)11-20(16)6-5-17(15)27-20/h3-4,7,15-17H,5-6,8-11H2,1-2H3,(H,22,25)/t15-,16+,17+,20+/m0/s1. The molecule has 3 fully saturated rings. The number of hydrogen-bond acceptors (Lipinski definition) is 4. The fourth-order valence-corrected chi connectivity index (χ4v) is 5.01. The summed E-state index contributed by atoms with van der Waals surface area (Å²) < 4.78 is 24.7. The first-order valence-corrected chi connectivity index (χ1v) is 9.42. The molecule has 0 saturated carbocycles. The average Bonchev–Trinajstić information content (AvgIpc) is 3.30. The number of nitrogens with one attached hydrogen (secondary N) is 1. The van der Waals surface area contributed by atoms with Crippen molar-refractivity contribution in [3.05, 3.63) is 35.1 Å². The van der Waals surface area contributed by atoms with Crippen molar-refractivity contribution in [3.8, 4) is 0 Å². The topological polar surface area (TPSA) is 67.9 Å². The highest BCUT2D eigenvalue weighted by Crippen LogP contribution is 2.54. The van der Waals surface area contributed by atoms with Gasteiger partial charge < -0.3 is 19.7 Å². The third-order valence-electron chi connectivity index (χ3n) is 6.35. The molecule has 3 heterocycles. The second-order valence-corrected chi connectivity index (χ2v) is 7.91. The molecule has 1 spiro atoms. The Bertz CT molecular complexity index is 770. The van der Waals surface area contributed by atoms with Crippen LogP contribution in [0.3, 0.4) is 0 Å². The Hall–Kier alpha value is -1.99. The maximum Gasteiger partial charge on any atom is 0.251 e. The summed E-state index contributed by atoms with van der Waals surface area (Å²) >= 11 is 0. The van der Waals surface area contributed by atoms with Crippen LogP contribution in [0.15, 0.2) is 18.2 Å². The lowest BCUT2D eigenvalue weighted by Crippen LogP contribution is -2.42. The van der Waals surface area contributed by atoms with E-state index in [0.717, 1.165) is 18.4 Å². The zero-order valence-corrected chi connectivity index (χ0v) is 15.7. The van der Waals surface area contributed by atoms with E-state index < -0.39 is 5.82 Å². The molecular formula is C20H25FN2O4. The lowest BCUT2D eigenvalue weighted by Gasteiger charge is -2.29. The largest absolute Gasteiger partial charge is 0.375 e. The van der Waals surface area contributed by atoms with Crippen LogP contribution in [0.2, 0.25) is 0 Å². The number of carbonyl (C=O) groups excluding carboxylic acids is 2. The van der Waals surface area contributed by atoms with Crippen LogP contribution in [0.25, 0.3) is 0 Å². The SMILES string of the molecule is COCC(=O)N1C[C@@H]2[C@H](CNC(=O)c3cc(F)ccc3C)[C@H]3CC[C@]2(C1)O3. The van der Waals surface area contributed by atoms with Gasteiger partial charge in [0.15, 0.2) is 0 Å². The van der Waals surface area contributed by atoms with E-state index >= 15 is 0 Å². The van der Waals surface area contributed by atoms with E-state index in [1.165, 1.54) is 19.2 Å². The van der Waals surface area contributed by atoms with Gasteiger partial charge in [-0.15, -0.1) is 0 Å². The molecule has 7 heteroatoms. The van der Waals surface area contributed by atoms with E-state index in [1.807, 2.05) is 4.90 Å². The van der Waals surface area contributed by atoms with E-state index in [1.54, 1.807) is 13.0 Å². The Morgan fingerprint density at radius 3 is 3.04 bits per heavy atom. The number of carbonyl (C=O) groups is 2. The van der Waals surface area contributed by atoms with E-state index in [9.17, 15) is 14.0 Å². The van der Waals surface area contributed by atoms with Crippen molar-refractivity contribution in [1.29, 1.82) is 0 Å². The number of likely N-dealkylation sites (tertiary alicyclic amines) is 1. The normalized spacial score (nSPS) is 31.2. The molecule has 4 rings (SSSR count). The Balaban J connectivity index is 1.43. The number of methoxy groups -OCH3 is 1. The summed E-state index contributed by atoms with van der Waals surface area (Å²) in [5.41, 5.74) is 0.821. The first-order valence-electron chi connectivity index (χ1n) is 9.42. The Kier molecular flexibility index (Phi) is 4.68. The van der Waals surface area contributed by atoms with Crippen LogP contribution in [-0.2, 0) is 14.3 Å². The van der Waals surface area contributed by atoms with Gasteiger partial charge in [-0.2, -0.15) is 0 Å². The van der Waals surface area contributed by atoms with Crippen molar-refractivity contribution < 1.29 is 23.5 Å². The molecule has 146 valence electrons. The maximum atomic E-state index is 13.5. The quantitative estimate of drug-likeness (QED) is 0.846. The molecule has 0 unspecified atom stereocenters. The van der Waals surface area contributed by atoms with Gasteiger partial charge in [0.05, 0.1) is 18.2 Å². The van der Waals surface area contributed by atoms with E-state index in [2.05, 4.69) is 5.32 Å².